The normalized spacial score (nSPS) is 19.9. The maximum atomic E-state index is 3.15. The van der Waals surface area contributed by atoms with Gasteiger partial charge in [-0.05, 0) is 61.0 Å². The predicted octanol–water partition coefficient (Wildman–Crippen LogP) is 6.54. The summed E-state index contributed by atoms with van der Waals surface area (Å²) >= 11 is 3.15. The summed E-state index contributed by atoms with van der Waals surface area (Å²) < 4.78 is 0. The van der Waals surface area contributed by atoms with Crippen LogP contribution in [-0.4, -0.2) is 29.4 Å². The number of hydrogen-bond acceptors (Lipinski definition) is 1. The van der Waals surface area contributed by atoms with Gasteiger partial charge in [-0.2, -0.15) is 0 Å². The molecular weight excluding hydrogens is 382 g/mol. The zero-order valence-electron chi connectivity index (χ0n) is 15.8. The molecule has 2 aromatic rings. The molecule has 1 nitrogen and oxygen atoms in total. The van der Waals surface area contributed by atoms with Crippen molar-refractivity contribution < 1.29 is 0 Å². The van der Waals surface area contributed by atoms with E-state index in [1.165, 1.54) is 61.9 Å². The zero-order valence-corrected chi connectivity index (χ0v) is 17.4. The fourth-order valence-corrected chi connectivity index (χ4v) is 4.33. The molecule has 138 valence electrons. The molecule has 1 atom stereocenters. The van der Waals surface area contributed by atoms with Crippen molar-refractivity contribution in [1.29, 1.82) is 0 Å². The van der Waals surface area contributed by atoms with E-state index in [-0.39, 0.29) is 0 Å². The number of benzene rings is 2. The summed E-state index contributed by atoms with van der Waals surface area (Å²) in [5.74, 6) is 0. The molecule has 4 rings (SSSR count). The van der Waals surface area contributed by atoms with E-state index in [1.54, 1.807) is 5.57 Å². The molecule has 0 radical (unpaired) electrons. The van der Waals surface area contributed by atoms with Gasteiger partial charge in [0.1, 0.15) is 0 Å². The number of nitrogens with zero attached hydrogens (tertiary/aromatic N) is 1. The van der Waals surface area contributed by atoms with Crippen molar-refractivity contribution in [2.45, 2.75) is 45.1 Å². The maximum absolute atomic E-state index is 3.15. The van der Waals surface area contributed by atoms with Crippen LogP contribution in [0.25, 0.3) is 5.57 Å². The van der Waals surface area contributed by atoms with Crippen molar-refractivity contribution in [3.05, 3.63) is 77.4 Å². The van der Waals surface area contributed by atoms with Crippen LogP contribution in [0.2, 0.25) is 0 Å². The topological polar surface area (TPSA) is 3.24 Å². The van der Waals surface area contributed by atoms with Gasteiger partial charge in [0.05, 0.1) is 0 Å². The fraction of sp³-hybridized carbons (Fsp3) is 0.417. The molecule has 0 N–H and O–H groups in total. The second kappa shape index (κ2) is 10.1. The van der Waals surface area contributed by atoms with E-state index in [1.807, 2.05) is 6.92 Å². The largest absolute Gasteiger partial charge is 0.297 e. The molecule has 2 fully saturated rings. The first-order chi connectivity index (χ1) is 12.8. The number of halogens is 1. The average Bonchev–Trinajstić information content (AvgIpc) is 2.71. The van der Waals surface area contributed by atoms with Crippen LogP contribution in [0.5, 0.6) is 0 Å². The molecule has 0 amide bonds. The number of piperidine rings is 2. The van der Waals surface area contributed by atoms with E-state index in [9.17, 15) is 0 Å². The molecular formula is C24H30BrN. The molecule has 2 aliphatic rings. The minimum absolute atomic E-state index is 0.660. The van der Waals surface area contributed by atoms with Gasteiger partial charge in [-0.15, -0.1) is 0 Å². The Bertz CT molecular complexity index is 649. The van der Waals surface area contributed by atoms with Crippen molar-refractivity contribution in [3.63, 3.8) is 0 Å². The lowest BCUT2D eigenvalue weighted by molar-refractivity contribution is 0.148. The van der Waals surface area contributed by atoms with Gasteiger partial charge in [0.2, 0.25) is 0 Å². The number of alkyl halides is 1. The highest BCUT2D eigenvalue weighted by atomic mass is 79.9. The van der Waals surface area contributed by atoms with Gasteiger partial charge >= 0.3 is 0 Å². The highest BCUT2D eigenvalue weighted by molar-refractivity contribution is 9.09. The standard InChI is InChI=1S/C22H25N.C2H5Br/c1-3-10-18(11-4-1)22(19-12-5-2-6-13-19)20-14-9-17-23-16-8-7-15-21(20)23;1-2-3/h1-6,10-13,21H,7-9,14-17H2;2H2,1H3. The Morgan fingerprint density at radius 1 is 0.885 bits per heavy atom. The Kier molecular flexibility index (Phi) is 7.52. The summed E-state index contributed by atoms with van der Waals surface area (Å²) in [6.45, 7) is 4.61. The molecule has 2 aromatic carbocycles. The minimum Gasteiger partial charge on any atom is -0.297 e. The quantitative estimate of drug-likeness (QED) is 0.507. The van der Waals surface area contributed by atoms with Crippen molar-refractivity contribution >= 4 is 21.5 Å². The second-order valence-corrected chi connectivity index (χ2v) is 8.17. The fourth-order valence-electron chi connectivity index (χ4n) is 4.33. The maximum Gasteiger partial charge on any atom is 0.0316 e. The van der Waals surface area contributed by atoms with E-state index < -0.39 is 0 Å². The molecule has 0 aliphatic carbocycles. The number of rotatable bonds is 2. The van der Waals surface area contributed by atoms with E-state index in [4.69, 9.17) is 0 Å². The molecule has 0 bridgehead atoms. The van der Waals surface area contributed by atoms with Crippen LogP contribution in [0.1, 0.15) is 50.2 Å². The van der Waals surface area contributed by atoms with Crippen LogP contribution in [-0.2, 0) is 0 Å². The van der Waals surface area contributed by atoms with Crippen molar-refractivity contribution in [3.8, 4) is 0 Å². The van der Waals surface area contributed by atoms with Gasteiger partial charge in [-0.1, -0.05) is 89.9 Å². The number of fused-ring (bicyclic) bond motifs is 1. The van der Waals surface area contributed by atoms with Gasteiger partial charge in [0.25, 0.3) is 0 Å². The Hall–Kier alpha value is -1.38. The molecule has 0 spiro atoms. The Balaban J connectivity index is 0.000000613. The monoisotopic (exact) mass is 411 g/mol. The van der Waals surface area contributed by atoms with E-state index in [0.717, 1.165) is 5.33 Å². The molecule has 0 aromatic heterocycles. The van der Waals surface area contributed by atoms with Gasteiger partial charge in [0, 0.05) is 11.4 Å². The van der Waals surface area contributed by atoms with Gasteiger partial charge < -0.3 is 0 Å². The first-order valence-electron chi connectivity index (χ1n) is 9.99. The molecule has 2 saturated heterocycles. The van der Waals surface area contributed by atoms with E-state index in [0.29, 0.717) is 6.04 Å². The summed E-state index contributed by atoms with van der Waals surface area (Å²) in [4.78, 5) is 2.73. The molecule has 2 heterocycles. The molecule has 0 saturated carbocycles. The van der Waals surface area contributed by atoms with Crippen LogP contribution in [0.3, 0.4) is 0 Å². The summed E-state index contributed by atoms with van der Waals surface area (Å²) in [7, 11) is 0. The van der Waals surface area contributed by atoms with E-state index in [2.05, 4.69) is 81.5 Å². The molecule has 1 unspecified atom stereocenters. The van der Waals surface area contributed by atoms with E-state index >= 15 is 0 Å². The zero-order chi connectivity index (χ0) is 18.2. The average molecular weight is 412 g/mol. The SMILES string of the molecule is CCBr.c1ccc(C(=C2CCCN3CCCCC23)c2ccccc2)cc1. The Labute approximate surface area is 167 Å². The summed E-state index contributed by atoms with van der Waals surface area (Å²) in [6.07, 6.45) is 6.63. The second-order valence-electron chi connectivity index (χ2n) is 7.05. The smallest absolute Gasteiger partial charge is 0.0316 e. The third-order valence-electron chi connectivity index (χ3n) is 5.35. The van der Waals surface area contributed by atoms with Crippen LogP contribution in [0.4, 0.5) is 0 Å². The third-order valence-corrected chi connectivity index (χ3v) is 5.35. The van der Waals surface area contributed by atoms with Crippen molar-refractivity contribution in [1.82, 2.24) is 4.90 Å². The summed E-state index contributed by atoms with van der Waals surface area (Å²) in [5.41, 5.74) is 5.92. The van der Waals surface area contributed by atoms with Gasteiger partial charge in [-0.3, -0.25) is 4.90 Å². The van der Waals surface area contributed by atoms with Crippen LogP contribution >= 0.6 is 15.9 Å². The van der Waals surface area contributed by atoms with Crippen LogP contribution < -0.4 is 0 Å². The van der Waals surface area contributed by atoms with Crippen LogP contribution in [0.15, 0.2) is 66.2 Å². The minimum atomic E-state index is 0.660. The Morgan fingerprint density at radius 2 is 1.42 bits per heavy atom. The van der Waals surface area contributed by atoms with Crippen molar-refractivity contribution in [2.24, 2.45) is 0 Å². The molecule has 26 heavy (non-hydrogen) atoms. The summed E-state index contributed by atoms with van der Waals surface area (Å²) in [6, 6.07) is 22.7. The highest BCUT2D eigenvalue weighted by Gasteiger charge is 2.31. The Morgan fingerprint density at radius 3 is 2.00 bits per heavy atom. The predicted molar refractivity (Wildman–Crippen MR) is 117 cm³/mol. The lowest BCUT2D eigenvalue weighted by atomic mass is 9.81. The lowest BCUT2D eigenvalue weighted by Crippen LogP contribution is -2.44. The van der Waals surface area contributed by atoms with Crippen molar-refractivity contribution in [2.75, 3.05) is 18.4 Å². The highest BCUT2D eigenvalue weighted by Crippen LogP contribution is 2.38. The van der Waals surface area contributed by atoms with Gasteiger partial charge in [-0.25, -0.2) is 0 Å². The summed E-state index contributed by atoms with van der Waals surface area (Å²) in [5, 5.41) is 1.06. The first-order valence-corrected chi connectivity index (χ1v) is 11.1. The van der Waals surface area contributed by atoms with Crippen LogP contribution in [0, 0.1) is 0 Å². The molecule has 2 aliphatic heterocycles. The number of hydrogen-bond donors (Lipinski definition) is 0. The first kappa shape index (κ1) is 19.4. The third kappa shape index (κ3) is 4.66. The molecule has 2 heteroatoms. The van der Waals surface area contributed by atoms with Gasteiger partial charge in [0.15, 0.2) is 0 Å². The lowest BCUT2D eigenvalue weighted by Gasteiger charge is -2.42.